The van der Waals surface area contributed by atoms with Gasteiger partial charge < -0.3 is 9.16 Å². The maximum atomic E-state index is 13.0. The van der Waals surface area contributed by atoms with E-state index >= 15 is 0 Å². The minimum Gasteiger partial charge on any atom is -0.443 e. The fraction of sp³-hybridized carbons (Fsp3) is 0.531. The van der Waals surface area contributed by atoms with Crippen LogP contribution in [-0.2, 0) is 28.4 Å². The standard InChI is InChI=1S/C32H45BrN2O3Si/c1-31(2,3)38-30(36)35-22-24(28-11-9-10-12-29(28)35)15-16-34(17-18-37-39(7,8)32(4,5)6)27-20-23-13-14-26(33)19-25(23)21-27/h9-14,19,22,27H,15-18,20-21H2,1-8H3. The minimum atomic E-state index is -1.82. The van der Waals surface area contributed by atoms with Crippen molar-refractivity contribution in [2.75, 3.05) is 19.7 Å². The van der Waals surface area contributed by atoms with Crippen molar-refractivity contribution in [3.8, 4) is 0 Å². The van der Waals surface area contributed by atoms with Crippen molar-refractivity contribution in [1.82, 2.24) is 9.47 Å². The smallest absolute Gasteiger partial charge is 0.419 e. The third-order valence-corrected chi connectivity index (χ3v) is 13.3. The van der Waals surface area contributed by atoms with Gasteiger partial charge in [0.1, 0.15) is 5.60 Å². The highest BCUT2D eigenvalue weighted by molar-refractivity contribution is 9.10. The average Bonchev–Trinajstić information content (AvgIpc) is 3.40. The Labute approximate surface area is 244 Å². The lowest BCUT2D eigenvalue weighted by molar-refractivity contribution is 0.0544. The topological polar surface area (TPSA) is 43.7 Å². The van der Waals surface area contributed by atoms with Gasteiger partial charge in [-0.25, -0.2) is 4.79 Å². The van der Waals surface area contributed by atoms with Crippen molar-refractivity contribution in [3.63, 3.8) is 0 Å². The molecule has 212 valence electrons. The van der Waals surface area contributed by atoms with E-state index in [-0.39, 0.29) is 11.1 Å². The van der Waals surface area contributed by atoms with E-state index in [0.717, 1.165) is 54.3 Å². The quantitative estimate of drug-likeness (QED) is 0.240. The van der Waals surface area contributed by atoms with Crippen LogP contribution in [0.1, 0.15) is 58.2 Å². The summed E-state index contributed by atoms with van der Waals surface area (Å²) in [4.78, 5) is 15.6. The molecule has 0 bridgehead atoms. The fourth-order valence-corrected chi connectivity index (χ4v) is 6.55. The van der Waals surface area contributed by atoms with Crippen LogP contribution in [0, 0.1) is 0 Å². The van der Waals surface area contributed by atoms with Gasteiger partial charge in [-0.15, -0.1) is 0 Å². The molecule has 39 heavy (non-hydrogen) atoms. The first-order valence-corrected chi connectivity index (χ1v) is 17.8. The molecule has 2 aromatic carbocycles. The number of aromatic nitrogens is 1. The molecule has 0 spiro atoms. The molecule has 1 aliphatic carbocycles. The second-order valence-electron chi connectivity index (χ2n) is 13.4. The number of para-hydroxylation sites is 1. The second kappa shape index (κ2) is 11.5. The number of halogens is 1. The van der Waals surface area contributed by atoms with E-state index in [2.05, 4.69) is 79.0 Å². The number of hydrogen-bond donors (Lipinski definition) is 0. The number of carbonyl (C=O) groups is 1. The SMILES string of the molecule is CC(C)(C)OC(=O)n1cc(CCN(CCO[Si](C)(C)C(C)(C)C)C2Cc3ccc(Br)cc3C2)c2ccccc21. The maximum absolute atomic E-state index is 13.0. The van der Waals surface area contributed by atoms with Crippen LogP contribution in [0.4, 0.5) is 4.79 Å². The van der Waals surface area contributed by atoms with Gasteiger partial charge >= 0.3 is 6.09 Å². The summed E-state index contributed by atoms with van der Waals surface area (Å²) in [5, 5.41) is 1.30. The van der Waals surface area contributed by atoms with E-state index in [4.69, 9.17) is 9.16 Å². The third kappa shape index (κ3) is 7.23. The van der Waals surface area contributed by atoms with Crippen LogP contribution in [0.15, 0.2) is 53.1 Å². The molecule has 0 aliphatic heterocycles. The summed E-state index contributed by atoms with van der Waals surface area (Å²) in [5.74, 6) is 0. The van der Waals surface area contributed by atoms with Crippen molar-refractivity contribution in [2.45, 2.75) is 90.6 Å². The Bertz CT molecular complexity index is 1320. The molecule has 0 N–H and O–H groups in total. The molecule has 5 nitrogen and oxygen atoms in total. The molecule has 0 amide bonds. The molecule has 1 unspecified atom stereocenters. The zero-order valence-corrected chi connectivity index (χ0v) is 27.5. The number of nitrogens with zero attached hydrogens (tertiary/aromatic N) is 2. The minimum absolute atomic E-state index is 0.192. The Kier molecular flexibility index (Phi) is 8.87. The molecular formula is C32H45BrN2O3Si. The van der Waals surface area contributed by atoms with Crippen molar-refractivity contribution >= 4 is 41.2 Å². The van der Waals surface area contributed by atoms with E-state index in [1.807, 2.05) is 45.2 Å². The van der Waals surface area contributed by atoms with Crippen molar-refractivity contribution in [3.05, 3.63) is 69.8 Å². The summed E-state index contributed by atoms with van der Waals surface area (Å²) in [6, 6.07) is 15.3. The number of fused-ring (bicyclic) bond motifs is 2. The highest BCUT2D eigenvalue weighted by atomic mass is 79.9. The van der Waals surface area contributed by atoms with Crippen molar-refractivity contribution in [1.29, 1.82) is 0 Å². The number of carbonyl (C=O) groups excluding carboxylic acids is 1. The Hall–Kier alpha value is -1.93. The van der Waals surface area contributed by atoms with Crippen LogP contribution in [0.5, 0.6) is 0 Å². The molecule has 7 heteroatoms. The lowest BCUT2D eigenvalue weighted by Gasteiger charge is -2.37. The first kappa shape index (κ1) is 30.0. The van der Waals surface area contributed by atoms with Gasteiger partial charge in [-0.1, -0.05) is 61.0 Å². The maximum Gasteiger partial charge on any atom is 0.419 e. The Balaban J connectivity index is 1.54. The Morgan fingerprint density at radius 1 is 1.03 bits per heavy atom. The molecule has 0 radical (unpaired) electrons. The second-order valence-corrected chi connectivity index (χ2v) is 19.1. The predicted octanol–water partition coefficient (Wildman–Crippen LogP) is 8.22. The lowest BCUT2D eigenvalue weighted by atomic mass is 10.1. The van der Waals surface area contributed by atoms with Gasteiger partial charge in [0, 0.05) is 41.8 Å². The summed E-state index contributed by atoms with van der Waals surface area (Å²) in [6.45, 7) is 19.8. The Morgan fingerprint density at radius 2 is 1.72 bits per heavy atom. The summed E-state index contributed by atoms with van der Waals surface area (Å²) in [6.07, 6.45) is 4.61. The van der Waals surface area contributed by atoms with E-state index in [1.54, 1.807) is 4.57 Å². The van der Waals surface area contributed by atoms with E-state index in [0.29, 0.717) is 6.04 Å². The third-order valence-electron chi connectivity index (χ3n) is 8.30. The van der Waals surface area contributed by atoms with Gasteiger partial charge in [0.25, 0.3) is 0 Å². The molecule has 0 saturated heterocycles. The van der Waals surface area contributed by atoms with Crippen LogP contribution in [-0.4, -0.2) is 55.2 Å². The molecule has 1 aliphatic rings. The van der Waals surface area contributed by atoms with E-state index in [1.165, 1.54) is 16.7 Å². The Morgan fingerprint density at radius 3 is 2.41 bits per heavy atom. The molecule has 1 aromatic heterocycles. The van der Waals surface area contributed by atoms with Crippen LogP contribution >= 0.6 is 15.9 Å². The fourth-order valence-electron chi connectivity index (χ4n) is 5.11. The molecule has 4 rings (SSSR count). The normalized spacial score (nSPS) is 16.2. The summed E-state index contributed by atoms with van der Waals surface area (Å²) >= 11 is 3.65. The van der Waals surface area contributed by atoms with Gasteiger partial charge in [0.05, 0.1) is 5.52 Å². The molecule has 1 atom stereocenters. The zero-order chi connectivity index (χ0) is 28.6. The molecule has 3 aromatic rings. The highest BCUT2D eigenvalue weighted by Crippen LogP contribution is 2.36. The van der Waals surface area contributed by atoms with Crippen LogP contribution in [0.25, 0.3) is 10.9 Å². The number of rotatable bonds is 8. The molecule has 1 heterocycles. The molecular weight excluding hydrogens is 568 g/mol. The summed E-state index contributed by atoms with van der Waals surface area (Å²) in [7, 11) is -1.82. The summed E-state index contributed by atoms with van der Waals surface area (Å²) in [5.41, 5.74) is 4.40. The predicted molar refractivity (Wildman–Crippen MR) is 167 cm³/mol. The van der Waals surface area contributed by atoms with Crippen molar-refractivity contribution in [2.24, 2.45) is 0 Å². The number of hydrogen-bond acceptors (Lipinski definition) is 4. The van der Waals surface area contributed by atoms with Crippen LogP contribution < -0.4 is 0 Å². The van der Waals surface area contributed by atoms with Crippen LogP contribution in [0.3, 0.4) is 0 Å². The van der Waals surface area contributed by atoms with E-state index < -0.39 is 13.9 Å². The van der Waals surface area contributed by atoms with E-state index in [9.17, 15) is 4.79 Å². The van der Waals surface area contributed by atoms with Gasteiger partial charge in [-0.05, 0) is 93.1 Å². The first-order chi connectivity index (χ1) is 18.1. The highest BCUT2D eigenvalue weighted by Gasteiger charge is 2.37. The molecule has 0 fully saturated rings. The largest absolute Gasteiger partial charge is 0.443 e. The molecule has 0 saturated carbocycles. The number of ether oxygens (including phenoxy) is 1. The lowest BCUT2D eigenvalue weighted by Crippen LogP contribution is -2.45. The van der Waals surface area contributed by atoms with Crippen molar-refractivity contribution < 1.29 is 14.0 Å². The zero-order valence-electron chi connectivity index (χ0n) is 24.9. The first-order valence-electron chi connectivity index (χ1n) is 14.1. The van der Waals surface area contributed by atoms with Gasteiger partial charge in [0.15, 0.2) is 8.32 Å². The van der Waals surface area contributed by atoms with Gasteiger partial charge in [-0.3, -0.25) is 9.47 Å². The van der Waals surface area contributed by atoms with Crippen LogP contribution in [0.2, 0.25) is 18.1 Å². The number of benzene rings is 2. The summed E-state index contributed by atoms with van der Waals surface area (Å²) < 4.78 is 15.1. The van der Waals surface area contributed by atoms with Gasteiger partial charge in [0.2, 0.25) is 0 Å². The average molecular weight is 614 g/mol. The monoisotopic (exact) mass is 612 g/mol. The van der Waals surface area contributed by atoms with Gasteiger partial charge in [-0.2, -0.15) is 0 Å².